The fourth-order valence-electron chi connectivity index (χ4n) is 1.50. The van der Waals surface area contributed by atoms with Crippen LogP contribution in [0.25, 0.3) is 11.1 Å². The van der Waals surface area contributed by atoms with Gasteiger partial charge < -0.3 is 5.11 Å². The van der Waals surface area contributed by atoms with Crippen LogP contribution in [-0.2, 0) is 6.18 Å². The first-order valence-corrected chi connectivity index (χ1v) is 5.28. The number of hydrogen-bond acceptors (Lipinski definition) is 2. The van der Waals surface area contributed by atoms with Crippen molar-refractivity contribution in [1.82, 2.24) is 4.98 Å². The Bertz CT molecular complexity index is 567. The van der Waals surface area contributed by atoms with Crippen LogP contribution in [0.4, 0.5) is 13.2 Å². The summed E-state index contributed by atoms with van der Waals surface area (Å²) in [7, 11) is 0. The third-order valence-corrected chi connectivity index (χ3v) is 2.68. The minimum Gasteiger partial charge on any atom is -0.504 e. The van der Waals surface area contributed by atoms with Crippen molar-refractivity contribution in [3.63, 3.8) is 0 Å². The van der Waals surface area contributed by atoms with E-state index in [9.17, 15) is 18.3 Å². The summed E-state index contributed by atoms with van der Waals surface area (Å²) < 4.78 is 37.2. The van der Waals surface area contributed by atoms with Gasteiger partial charge in [-0.05, 0) is 23.8 Å². The smallest absolute Gasteiger partial charge is 0.416 e. The maximum atomic E-state index is 12.4. The van der Waals surface area contributed by atoms with E-state index in [-0.39, 0.29) is 10.9 Å². The zero-order valence-electron chi connectivity index (χ0n) is 8.87. The Morgan fingerprint density at radius 2 is 1.67 bits per heavy atom. The van der Waals surface area contributed by atoms with Crippen molar-refractivity contribution < 1.29 is 18.3 Å². The zero-order chi connectivity index (χ0) is 13.3. The van der Waals surface area contributed by atoms with Crippen LogP contribution < -0.4 is 0 Å². The minimum absolute atomic E-state index is 0.0904. The molecule has 0 saturated heterocycles. The van der Waals surface area contributed by atoms with Gasteiger partial charge in [0.05, 0.1) is 5.56 Å². The lowest BCUT2D eigenvalue weighted by Crippen LogP contribution is -2.03. The molecule has 0 unspecified atom stereocenters. The summed E-state index contributed by atoms with van der Waals surface area (Å²) in [5.41, 5.74) is 0.0272. The molecule has 1 aromatic carbocycles. The van der Waals surface area contributed by atoms with Gasteiger partial charge in [-0.25, -0.2) is 4.98 Å². The summed E-state index contributed by atoms with van der Waals surface area (Å²) in [6.45, 7) is 0. The predicted molar refractivity (Wildman–Crippen MR) is 61.3 cm³/mol. The highest BCUT2D eigenvalue weighted by atomic mass is 35.5. The number of hydrogen-bond donors (Lipinski definition) is 1. The molecule has 2 rings (SSSR count). The Kier molecular flexibility index (Phi) is 3.17. The van der Waals surface area contributed by atoms with Crippen molar-refractivity contribution in [1.29, 1.82) is 0 Å². The largest absolute Gasteiger partial charge is 0.504 e. The molecule has 1 aromatic heterocycles. The Morgan fingerprint density at radius 3 is 2.22 bits per heavy atom. The normalized spacial score (nSPS) is 11.6. The molecule has 0 spiro atoms. The fourth-order valence-corrected chi connectivity index (χ4v) is 1.66. The van der Waals surface area contributed by atoms with Gasteiger partial charge in [-0.15, -0.1) is 0 Å². The Hall–Kier alpha value is -1.75. The van der Waals surface area contributed by atoms with Crippen LogP contribution in [0.1, 0.15) is 5.56 Å². The molecule has 0 saturated carbocycles. The van der Waals surface area contributed by atoms with Gasteiger partial charge in [0, 0.05) is 11.8 Å². The molecule has 1 heterocycles. The van der Waals surface area contributed by atoms with Gasteiger partial charge in [-0.1, -0.05) is 23.7 Å². The van der Waals surface area contributed by atoms with E-state index >= 15 is 0 Å². The maximum absolute atomic E-state index is 12.4. The highest BCUT2D eigenvalue weighted by Crippen LogP contribution is 2.35. The summed E-state index contributed by atoms with van der Waals surface area (Å²) in [6, 6.07) is 5.92. The number of nitrogens with zero attached hydrogens (tertiary/aromatic N) is 1. The quantitative estimate of drug-likeness (QED) is 0.793. The summed E-state index contributed by atoms with van der Waals surface area (Å²) in [5, 5.41) is 9.57. The molecule has 2 nitrogen and oxygen atoms in total. The zero-order valence-corrected chi connectivity index (χ0v) is 9.63. The maximum Gasteiger partial charge on any atom is 0.416 e. The molecule has 0 aliphatic heterocycles. The van der Waals surface area contributed by atoms with Crippen molar-refractivity contribution >= 4 is 11.6 Å². The standard InChI is InChI=1S/C12H7ClF3NO/c13-11-10(18)9(5-6-17-11)7-1-3-8(4-2-7)12(14,15)16/h1-6,18H. The average Bonchev–Trinajstić information content (AvgIpc) is 2.32. The molecule has 0 fully saturated rings. The van der Waals surface area contributed by atoms with Gasteiger partial charge in [0.15, 0.2) is 10.9 Å². The van der Waals surface area contributed by atoms with E-state index in [1.54, 1.807) is 0 Å². The molecule has 0 aliphatic carbocycles. The second-order valence-corrected chi connectivity index (χ2v) is 3.93. The van der Waals surface area contributed by atoms with Crippen LogP contribution in [0.2, 0.25) is 5.15 Å². The van der Waals surface area contributed by atoms with Gasteiger partial charge in [0.2, 0.25) is 0 Å². The molecule has 0 amide bonds. The molecule has 0 atom stereocenters. The SMILES string of the molecule is Oc1c(-c2ccc(C(F)(F)F)cc2)ccnc1Cl. The summed E-state index contributed by atoms with van der Waals surface area (Å²) in [4.78, 5) is 3.66. The van der Waals surface area contributed by atoms with Crippen LogP contribution in [-0.4, -0.2) is 10.1 Å². The van der Waals surface area contributed by atoms with E-state index in [0.29, 0.717) is 11.1 Å². The Morgan fingerprint density at radius 1 is 1.06 bits per heavy atom. The summed E-state index contributed by atoms with van der Waals surface area (Å²) >= 11 is 5.63. The molecular formula is C12H7ClF3NO. The Labute approximate surface area is 106 Å². The first-order chi connectivity index (χ1) is 8.39. The Balaban J connectivity index is 2.44. The third-order valence-electron chi connectivity index (χ3n) is 2.40. The molecule has 0 aliphatic rings. The number of alkyl halides is 3. The van der Waals surface area contributed by atoms with Gasteiger partial charge in [-0.2, -0.15) is 13.2 Å². The lowest BCUT2D eigenvalue weighted by Gasteiger charge is -2.09. The second kappa shape index (κ2) is 4.49. The van der Waals surface area contributed by atoms with Crippen LogP contribution in [0, 0.1) is 0 Å². The van der Waals surface area contributed by atoms with Crippen molar-refractivity contribution in [3.8, 4) is 16.9 Å². The van der Waals surface area contributed by atoms with Crippen molar-refractivity contribution in [3.05, 3.63) is 47.2 Å². The van der Waals surface area contributed by atoms with Crippen LogP contribution in [0.5, 0.6) is 5.75 Å². The van der Waals surface area contributed by atoms with E-state index in [2.05, 4.69) is 4.98 Å². The van der Waals surface area contributed by atoms with Crippen molar-refractivity contribution in [2.24, 2.45) is 0 Å². The number of aromatic nitrogens is 1. The van der Waals surface area contributed by atoms with E-state index in [4.69, 9.17) is 11.6 Å². The average molecular weight is 274 g/mol. The molecule has 6 heteroatoms. The predicted octanol–water partition coefficient (Wildman–Crippen LogP) is 4.13. The lowest BCUT2D eigenvalue weighted by atomic mass is 10.0. The first kappa shape index (κ1) is 12.7. The van der Waals surface area contributed by atoms with Crippen LogP contribution in [0.3, 0.4) is 0 Å². The number of halogens is 4. The number of aromatic hydroxyl groups is 1. The van der Waals surface area contributed by atoms with E-state index in [1.807, 2.05) is 0 Å². The lowest BCUT2D eigenvalue weighted by molar-refractivity contribution is -0.137. The molecular weight excluding hydrogens is 267 g/mol. The summed E-state index contributed by atoms with van der Waals surface area (Å²) in [6.07, 6.45) is -3.01. The number of benzene rings is 1. The fraction of sp³-hybridized carbons (Fsp3) is 0.0833. The minimum atomic E-state index is -4.38. The van der Waals surface area contributed by atoms with Gasteiger partial charge >= 0.3 is 6.18 Å². The highest BCUT2D eigenvalue weighted by molar-refractivity contribution is 6.31. The van der Waals surface area contributed by atoms with Gasteiger partial charge in [-0.3, -0.25) is 0 Å². The van der Waals surface area contributed by atoms with Crippen LogP contribution >= 0.6 is 11.6 Å². The molecule has 0 bridgehead atoms. The van der Waals surface area contributed by atoms with Crippen molar-refractivity contribution in [2.75, 3.05) is 0 Å². The molecule has 94 valence electrons. The second-order valence-electron chi connectivity index (χ2n) is 3.57. The van der Waals surface area contributed by atoms with Gasteiger partial charge in [0.1, 0.15) is 0 Å². The van der Waals surface area contributed by atoms with E-state index in [0.717, 1.165) is 12.1 Å². The van der Waals surface area contributed by atoms with E-state index in [1.165, 1.54) is 24.4 Å². The number of rotatable bonds is 1. The number of pyridine rings is 1. The van der Waals surface area contributed by atoms with Crippen molar-refractivity contribution in [2.45, 2.75) is 6.18 Å². The monoisotopic (exact) mass is 273 g/mol. The molecule has 0 radical (unpaired) electrons. The first-order valence-electron chi connectivity index (χ1n) is 4.90. The van der Waals surface area contributed by atoms with Gasteiger partial charge in [0.25, 0.3) is 0 Å². The summed E-state index contributed by atoms with van der Waals surface area (Å²) in [5.74, 6) is -0.251. The molecule has 2 aromatic rings. The molecule has 1 N–H and O–H groups in total. The van der Waals surface area contributed by atoms with Crippen LogP contribution in [0.15, 0.2) is 36.5 Å². The van der Waals surface area contributed by atoms with E-state index < -0.39 is 11.7 Å². The molecule has 18 heavy (non-hydrogen) atoms. The highest BCUT2D eigenvalue weighted by Gasteiger charge is 2.30. The topological polar surface area (TPSA) is 33.1 Å². The third kappa shape index (κ3) is 2.41.